The van der Waals surface area contributed by atoms with Crippen molar-refractivity contribution >= 4 is 11.9 Å². The van der Waals surface area contributed by atoms with Crippen molar-refractivity contribution in [1.29, 1.82) is 0 Å². The Balaban J connectivity index is 2.72. The van der Waals surface area contributed by atoms with Gasteiger partial charge in [-0.05, 0) is 20.0 Å². The monoisotopic (exact) mass is 187 g/mol. The van der Waals surface area contributed by atoms with Gasteiger partial charge in [-0.25, -0.2) is 0 Å². The van der Waals surface area contributed by atoms with Crippen LogP contribution < -0.4 is 0 Å². The maximum absolute atomic E-state index is 10.7. The molecule has 1 saturated heterocycles. The summed E-state index contributed by atoms with van der Waals surface area (Å²) in [5.74, 6) is -3.51. The highest BCUT2D eigenvalue weighted by molar-refractivity contribution is 5.80. The smallest absolute Gasteiger partial charge is 0.308 e. The Morgan fingerprint density at radius 2 is 1.77 bits per heavy atom. The van der Waals surface area contributed by atoms with Gasteiger partial charge in [0, 0.05) is 6.54 Å². The fourth-order valence-electron chi connectivity index (χ4n) is 1.66. The summed E-state index contributed by atoms with van der Waals surface area (Å²) in [6.07, 6.45) is 0.419. The van der Waals surface area contributed by atoms with Gasteiger partial charge in [0.05, 0.1) is 11.8 Å². The van der Waals surface area contributed by atoms with Crippen molar-refractivity contribution in [1.82, 2.24) is 4.90 Å². The molecular formula is C8H13NO4. The van der Waals surface area contributed by atoms with E-state index < -0.39 is 23.8 Å². The SMILES string of the molecule is CN1CC[C@H](C(=O)O)[C@@H](C(=O)O)C1. The van der Waals surface area contributed by atoms with E-state index in [2.05, 4.69) is 0 Å². The third-order valence-corrected chi connectivity index (χ3v) is 2.45. The summed E-state index contributed by atoms with van der Waals surface area (Å²) in [5.41, 5.74) is 0. The molecular weight excluding hydrogens is 174 g/mol. The van der Waals surface area contributed by atoms with E-state index >= 15 is 0 Å². The van der Waals surface area contributed by atoms with Crippen LogP contribution in [-0.4, -0.2) is 47.2 Å². The maximum Gasteiger partial charge on any atom is 0.308 e. The number of aliphatic carboxylic acids is 2. The van der Waals surface area contributed by atoms with Crippen LogP contribution in [0.3, 0.4) is 0 Å². The molecule has 0 amide bonds. The summed E-state index contributed by atoms with van der Waals surface area (Å²) in [5, 5.41) is 17.5. The molecule has 13 heavy (non-hydrogen) atoms. The van der Waals surface area contributed by atoms with Gasteiger partial charge in [0.2, 0.25) is 0 Å². The van der Waals surface area contributed by atoms with Crippen LogP contribution in [-0.2, 0) is 9.59 Å². The molecule has 2 N–H and O–H groups in total. The largest absolute Gasteiger partial charge is 0.481 e. The summed E-state index contributed by atoms with van der Waals surface area (Å²) in [4.78, 5) is 23.3. The van der Waals surface area contributed by atoms with Crippen LogP contribution >= 0.6 is 0 Å². The molecule has 1 fully saturated rings. The van der Waals surface area contributed by atoms with E-state index in [1.54, 1.807) is 7.05 Å². The van der Waals surface area contributed by atoms with E-state index in [1.807, 2.05) is 4.90 Å². The maximum atomic E-state index is 10.7. The Morgan fingerprint density at radius 3 is 2.23 bits per heavy atom. The van der Waals surface area contributed by atoms with Gasteiger partial charge in [-0.3, -0.25) is 9.59 Å². The lowest BCUT2D eigenvalue weighted by Crippen LogP contribution is -2.44. The Kier molecular flexibility index (Phi) is 2.87. The van der Waals surface area contributed by atoms with Crippen molar-refractivity contribution in [2.45, 2.75) is 6.42 Å². The number of carboxylic acids is 2. The summed E-state index contributed by atoms with van der Waals surface area (Å²) < 4.78 is 0. The zero-order valence-electron chi connectivity index (χ0n) is 7.43. The van der Waals surface area contributed by atoms with E-state index in [1.165, 1.54) is 0 Å². The molecule has 0 aliphatic carbocycles. The second kappa shape index (κ2) is 3.74. The van der Waals surface area contributed by atoms with Crippen LogP contribution in [0.15, 0.2) is 0 Å². The Labute approximate surface area is 76.0 Å². The van der Waals surface area contributed by atoms with Crippen LogP contribution in [0.4, 0.5) is 0 Å². The summed E-state index contributed by atoms with van der Waals surface area (Å²) in [6, 6.07) is 0. The highest BCUT2D eigenvalue weighted by atomic mass is 16.4. The molecule has 0 spiro atoms. The summed E-state index contributed by atoms with van der Waals surface area (Å²) >= 11 is 0. The third-order valence-electron chi connectivity index (χ3n) is 2.45. The average molecular weight is 187 g/mol. The molecule has 0 saturated carbocycles. The van der Waals surface area contributed by atoms with Gasteiger partial charge in [-0.15, -0.1) is 0 Å². The lowest BCUT2D eigenvalue weighted by Gasteiger charge is -2.31. The molecule has 5 heteroatoms. The van der Waals surface area contributed by atoms with Crippen molar-refractivity contribution in [3.8, 4) is 0 Å². The van der Waals surface area contributed by atoms with Crippen LogP contribution in [0.5, 0.6) is 0 Å². The van der Waals surface area contributed by atoms with Crippen molar-refractivity contribution in [3.05, 3.63) is 0 Å². The quantitative estimate of drug-likeness (QED) is 0.621. The van der Waals surface area contributed by atoms with Crippen LogP contribution in [0.1, 0.15) is 6.42 Å². The van der Waals surface area contributed by atoms with Crippen LogP contribution in [0, 0.1) is 11.8 Å². The first kappa shape index (κ1) is 9.98. The Morgan fingerprint density at radius 1 is 1.23 bits per heavy atom. The first-order valence-corrected chi connectivity index (χ1v) is 4.16. The van der Waals surface area contributed by atoms with Crippen molar-refractivity contribution in [2.24, 2.45) is 11.8 Å². The van der Waals surface area contributed by atoms with Gasteiger partial charge in [0.15, 0.2) is 0 Å². The average Bonchev–Trinajstić information content (AvgIpc) is 2.03. The fraction of sp³-hybridized carbons (Fsp3) is 0.750. The molecule has 74 valence electrons. The number of hydrogen-bond donors (Lipinski definition) is 2. The van der Waals surface area contributed by atoms with E-state index in [9.17, 15) is 9.59 Å². The van der Waals surface area contributed by atoms with Gasteiger partial charge in [-0.1, -0.05) is 0 Å². The minimum Gasteiger partial charge on any atom is -0.481 e. The van der Waals surface area contributed by atoms with Gasteiger partial charge < -0.3 is 15.1 Å². The normalized spacial score (nSPS) is 29.9. The van der Waals surface area contributed by atoms with E-state index in [0.29, 0.717) is 19.5 Å². The van der Waals surface area contributed by atoms with E-state index in [-0.39, 0.29) is 0 Å². The third kappa shape index (κ3) is 2.18. The number of piperidine rings is 1. The molecule has 0 aromatic rings. The molecule has 1 heterocycles. The molecule has 0 aromatic carbocycles. The highest BCUT2D eigenvalue weighted by Crippen LogP contribution is 2.23. The van der Waals surface area contributed by atoms with Crippen molar-refractivity contribution in [3.63, 3.8) is 0 Å². The fourth-order valence-corrected chi connectivity index (χ4v) is 1.66. The molecule has 1 rings (SSSR count). The second-order valence-corrected chi connectivity index (χ2v) is 3.44. The zero-order valence-corrected chi connectivity index (χ0v) is 7.43. The molecule has 0 bridgehead atoms. The Hall–Kier alpha value is -1.10. The number of rotatable bonds is 2. The molecule has 0 unspecified atom stereocenters. The van der Waals surface area contributed by atoms with Crippen molar-refractivity contribution < 1.29 is 19.8 Å². The van der Waals surface area contributed by atoms with Gasteiger partial charge in [0.25, 0.3) is 0 Å². The summed E-state index contributed by atoms with van der Waals surface area (Å²) in [7, 11) is 1.80. The molecule has 1 aliphatic heterocycles. The number of carboxylic acid groups (broad SMARTS) is 2. The number of hydrogen-bond acceptors (Lipinski definition) is 3. The van der Waals surface area contributed by atoms with Gasteiger partial charge in [-0.2, -0.15) is 0 Å². The molecule has 0 radical (unpaired) electrons. The Bertz CT molecular complexity index is 228. The number of likely N-dealkylation sites (tertiary alicyclic amines) is 1. The number of nitrogens with zero attached hydrogens (tertiary/aromatic N) is 1. The number of carbonyl (C=O) groups is 2. The topological polar surface area (TPSA) is 77.8 Å². The molecule has 0 aromatic heterocycles. The van der Waals surface area contributed by atoms with Crippen LogP contribution in [0.25, 0.3) is 0 Å². The predicted octanol–water partition coefficient (Wildman–Crippen LogP) is -0.276. The van der Waals surface area contributed by atoms with E-state index in [0.717, 1.165) is 0 Å². The molecule has 1 aliphatic rings. The van der Waals surface area contributed by atoms with Gasteiger partial charge in [0.1, 0.15) is 0 Å². The second-order valence-electron chi connectivity index (χ2n) is 3.44. The molecule has 2 atom stereocenters. The lowest BCUT2D eigenvalue weighted by atomic mass is 9.86. The highest BCUT2D eigenvalue weighted by Gasteiger charge is 2.37. The first-order valence-electron chi connectivity index (χ1n) is 4.16. The minimum atomic E-state index is -1.01. The molecule has 5 nitrogen and oxygen atoms in total. The summed E-state index contributed by atoms with van der Waals surface area (Å²) in [6.45, 7) is 0.979. The minimum absolute atomic E-state index is 0.326. The van der Waals surface area contributed by atoms with Gasteiger partial charge >= 0.3 is 11.9 Å². The van der Waals surface area contributed by atoms with Crippen molar-refractivity contribution in [2.75, 3.05) is 20.1 Å². The zero-order chi connectivity index (χ0) is 10.0. The van der Waals surface area contributed by atoms with Crippen LogP contribution in [0.2, 0.25) is 0 Å². The standard InChI is InChI=1S/C8H13NO4/c1-9-3-2-5(7(10)11)6(4-9)8(12)13/h5-6H,2-4H2,1H3,(H,10,11)(H,12,13)/t5-,6-/m0/s1. The lowest BCUT2D eigenvalue weighted by molar-refractivity contribution is -0.156. The van der Waals surface area contributed by atoms with E-state index in [4.69, 9.17) is 10.2 Å². The first-order chi connectivity index (χ1) is 6.02. The predicted molar refractivity (Wildman–Crippen MR) is 44.4 cm³/mol.